The van der Waals surface area contributed by atoms with E-state index >= 15 is 0 Å². The van der Waals surface area contributed by atoms with E-state index in [1.165, 1.54) is 13.2 Å². The molecule has 2 aromatic carbocycles. The van der Waals surface area contributed by atoms with Gasteiger partial charge in [-0.2, -0.15) is 0 Å². The van der Waals surface area contributed by atoms with Crippen molar-refractivity contribution in [3.63, 3.8) is 0 Å². The smallest absolute Gasteiger partial charge is 0.295 e. The highest BCUT2D eigenvalue weighted by molar-refractivity contribution is 9.10. The molecule has 7 heteroatoms. The van der Waals surface area contributed by atoms with Crippen LogP contribution in [0.15, 0.2) is 46.9 Å². The number of aromatic hydroxyl groups is 1. The summed E-state index contributed by atoms with van der Waals surface area (Å²) < 4.78 is 5.62. The van der Waals surface area contributed by atoms with Crippen LogP contribution in [0.4, 0.5) is 5.69 Å². The van der Waals surface area contributed by atoms with Crippen LogP contribution in [0.1, 0.15) is 11.3 Å². The molecule has 0 spiro atoms. The van der Waals surface area contributed by atoms with Crippen molar-refractivity contribution >= 4 is 44.7 Å². The standard InChI is InChI=1S/C18H13BrN2O4/c1-25-16-10-11(9-14(19)18(16)22)5-7-13-8-6-12-3-2-4-15(21(23)24)17(12)20-13/h2-10,22H,1H3. The highest BCUT2D eigenvalue weighted by Gasteiger charge is 2.12. The maximum Gasteiger partial charge on any atom is 0.295 e. The summed E-state index contributed by atoms with van der Waals surface area (Å²) in [5.41, 5.74) is 1.69. The molecule has 1 aromatic heterocycles. The first-order valence-electron chi connectivity index (χ1n) is 7.28. The van der Waals surface area contributed by atoms with Crippen LogP contribution in [0.5, 0.6) is 11.5 Å². The van der Waals surface area contributed by atoms with Crippen LogP contribution >= 0.6 is 15.9 Å². The van der Waals surface area contributed by atoms with Gasteiger partial charge < -0.3 is 9.84 Å². The van der Waals surface area contributed by atoms with Gasteiger partial charge in [0.05, 0.1) is 22.2 Å². The molecule has 0 aliphatic heterocycles. The summed E-state index contributed by atoms with van der Waals surface area (Å²) in [5.74, 6) is 0.371. The van der Waals surface area contributed by atoms with E-state index in [-0.39, 0.29) is 11.4 Å². The Bertz CT molecular complexity index is 1000. The van der Waals surface area contributed by atoms with Gasteiger partial charge in [-0.05, 0) is 45.8 Å². The monoisotopic (exact) mass is 400 g/mol. The molecule has 0 radical (unpaired) electrons. The molecule has 126 valence electrons. The van der Waals surface area contributed by atoms with Crippen molar-refractivity contribution in [1.82, 2.24) is 4.98 Å². The van der Waals surface area contributed by atoms with E-state index < -0.39 is 4.92 Å². The summed E-state index contributed by atoms with van der Waals surface area (Å²) in [4.78, 5) is 15.1. The molecule has 25 heavy (non-hydrogen) atoms. The predicted molar refractivity (Wildman–Crippen MR) is 99.7 cm³/mol. The van der Waals surface area contributed by atoms with Crippen LogP contribution in [0.2, 0.25) is 0 Å². The van der Waals surface area contributed by atoms with Crippen LogP contribution in [0.25, 0.3) is 23.1 Å². The van der Waals surface area contributed by atoms with Crippen molar-refractivity contribution in [2.24, 2.45) is 0 Å². The molecule has 1 heterocycles. The topological polar surface area (TPSA) is 85.5 Å². The van der Waals surface area contributed by atoms with Crippen molar-refractivity contribution in [1.29, 1.82) is 0 Å². The van der Waals surface area contributed by atoms with Crippen molar-refractivity contribution in [3.8, 4) is 11.5 Å². The maximum atomic E-state index is 11.2. The second-order valence-corrected chi connectivity index (χ2v) is 6.08. The Morgan fingerprint density at radius 2 is 2.04 bits per heavy atom. The molecule has 0 saturated carbocycles. The Labute approximate surface area is 151 Å². The third kappa shape index (κ3) is 3.46. The lowest BCUT2D eigenvalue weighted by Gasteiger charge is -2.06. The molecular formula is C18H13BrN2O4. The number of hydrogen-bond acceptors (Lipinski definition) is 5. The molecule has 0 saturated heterocycles. The van der Waals surface area contributed by atoms with Gasteiger partial charge in [0.25, 0.3) is 5.69 Å². The second-order valence-electron chi connectivity index (χ2n) is 5.23. The minimum atomic E-state index is -0.440. The number of para-hydroxylation sites is 1. The summed E-state index contributed by atoms with van der Waals surface area (Å²) in [6.45, 7) is 0. The quantitative estimate of drug-likeness (QED) is 0.502. The third-order valence-electron chi connectivity index (χ3n) is 3.63. The fraction of sp³-hybridized carbons (Fsp3) is 0.0556. The summed E-state index contributed by atoms with van der Waals surface area (Å²) in [5, 5.41) is 21.7. The van der Waals surface area contributed by atoms with Crippen LogP contribution in [-0.2, 0) is 0 Å². The van der Waals surface area contributed by atoms with E-state index in [9.17, 15) is 15.2 Å². The molecule has 0 aliphatic carbocycles. The summed E-state index contributed by atoms with van der Waals surface area (Å²) in [7, 11) is 1.47. The molecule has 3 aromatic rings. The number of rotatable bonds is 4. The second kappa shape index (κ2) is 6.90. The van der Waals surface area contributed by atoms with Crippen LogP contribution in [0, 0.1) is 10.1 Å². The number of non-ortho nitro benzene ring substituents is 1. The largest absolute Gasteiger partial charge is 0.503 e. The molecule has 0 unspecified atom stereocenters. The van der Waals surface area contributed by atoms with E-state index in [1.807, 2.05) is 0 Å². The van der Waals surface area contributed by atoms with Crippen molar-refractivity contribution in [2.45, 2.75) is 0 Å². The molecule has 1 N–H and O–H groups in total. The number of nitrogens with zero attached hydrogens (tertiary/aromatic N) is 2. The Balaban J connectivity index is 2.01. The minimum Gasteiger partial charge on any atom is -0.503 e. The van der Waals surface area contributed by atoms with Gasteiger partial charge in [0.2, 0.25) is 0 Å². The first kappa shape index (κ1) is 16.9. The number of ether oxygens (including phenoxy) is 1. The SMILES string of the molecule is COc1cc(C=Cc2ccc3cccc([N+](=O)[O-])c3n2)cc(Br)c1O. The van der Waals surface area contributed by atoms with E-state index in [2.05, 4.69) is 20.9 Å². The average molecular weight is 401 g/mol. The van der Waals surface area contributed by atoms with Crippen LogP contribution < -0.4 is 4.74 Å². The normalized spacial score (nSPS) is 11.1. The van der Waals surface area contributed by atoms with Gasteiger partial charge in [0, 0.05) is 11.5 Å². The zero-order valence-corrected chi connectivity index (χ0v) is 14.7. The van der Waals surface area contributed by atoms with Gasteiger partial charge in [0.1, 0.15) is 5.52 Å². The lowest BCUT2D eigenvalue weighted by atomic mass is 10.1. The molecule has 0 fully saturated rings. The number of halogens is 1. The molecule has 0 aliphatic rings. The zero-order chi connectivity index (χ0) is 18.0. The highest BCUT2D eigenvalue weighted by atomic mass is 79.9. The van der Waals surface area contributed by atoms with Crippen LogP contribution in [-0.4, -0.2) is 22.1 Å². The highest BCUT2D eigenvalue weighted by Crippen LogP contribution is 2.35. The first-order valence-corrected chi connectivity index (χ1v) is 8.07. The number of aromatic nitrogens is 1. The summed E-state index contributed by atoms with van der Waals surface area (Å²) >= 11 is 3.27. The van der Waals surface area contributed by atoms with Gasteiger partial charge in [-0.3, -0.25) is 10.1 Å². The van der Waals surface area contributed by atoms with Gasteiger partial charge in [0.15, 0.2) is 11.5 Å². The van der Waals surface area contributed by atoms with Crippen molar-refractivity contribution in [2.75, 3.05) is 7.11 Å². The molecule has 0 bridgehead atoms. The Kier molecular flexibility index (Phi) is 4.67. The number of methoxy groups -OCH3 is 1. The van der Waals surface area contributed by atoms with Crippen LogP contribution in [0.3, 0.4) is 0 Å². The number of pyridine rings is 1. The number of hydrogen-bond donors (Lipinski definition) is 1. The number of phenolic OH excluding ortho intramolecular Hbond substituents is 1. The van der Waals surface area contributed by atoms with Crippen molar-refractivity contribution < 1.29 is 14.8 Å². The van der Waals surface area contributed by atoms with E-state index in [0.29, 0.717) is 26.8 Å². The summed E-state index contributed by atoms with van der Waals surface area (Å²) in [6, 6.07) is 11.9. The fourth-order valence-corrected chi connectivity index (χ4v) is 2.87. The van der Waals surface area contributed by atoms with Gasteiger partial charge >= 0.3 is 0 Å². The van der Waals surface area contributed by atoms with E-state index in [0.717, 1.165) is 5.56 Å². The van der Waals surface area contributed by atoms with E-state index in [1.54, 1.807) is 48.6 Å². The number of nitro benzene ring substituents is 1. The van der Waals surface area contributed by atoms with Gasteiger partial charge in [-0.15, -0.1) is 0 Å². The van der Waals surface area contributed by atoms with Gasteiger partial charge in [-0.25, -0.2) is 4.98 Å². The summed E-state index contributed by atoms with van der Waals surface area (Å²) in [6.07, 6.45) is 3.53. The lowest BCUT2D eigenvalue weighted by molar-refractivity contribution is -0.383. The Hall–Kier alpha value is -2.93. The number of nitro groups is 1. The number of fused-ring (bicyclic) bond motifs is 1. The fourth-order valence-electron chi connectivity index (χ4n) is 2.41. The molecule has 6 nitrogen and oxygen atoms in total. The maximum absolute atomic E-state index is 11.2. The minimum absolute atomic E-state index is 0.0261. The zero-order valence-electron chi connectivity index (χ0n) is 13.1. The Morgan fingerprint density at radius 3 is 2.76 bits per heavy atom. The van der Waals surface area contributed by atoms with Crippen molar-refractivity contribution in [3.05, 3.63) is 68.3 Å². The first-order chi connectivity index (χ1) is 12.0. The Morgan fingerprint density at radius 1 is 1.24 bits per heavy atom. The molecule has 3 rings (SSSR count). The third-order valence-corrected chi connectivity index (χ3v) is 4.24. The lowest BCUT2D eigenvalue weighted by Crippen LogP contribution is -1.92. The molecular weight excluding hydrogens is 388 g/mol. The molecule has 0 amide bonds. The molecule has 0 atom stereocenters. The predicted octanol–water partition coefficient (Wildman–Crippen LogP) is 4.79. The number of phenols is 1. The van der Waals surface area contributed by atoms with Gasteiger partial charge in [-0.1, -0.05) is 24.3 Å². The average Bonchev–Trinajstić information content (AvgIpc) is 2.61. The van der Waals surface area contributed by atoms with E-state index in [4.69, 9.17) is 4.74 Å². The number of benzene rings is 2.